The standard InChI is InChI=1S/C23H33N5/c1-24-23(25-16-9-10-17-27(2)21-11-5-3-6-12-21)26-20-15-18-28(19-20)22-13-7-4-8-14-22/h3-8,11-14,20H,9-10,15-19H2,1-2H3,(H2,24,25,26). The van der Waals surface area contributed by atoms with Gasteiger partial charge in [-0.15, -0.1) is 0 Å². The number of guanidine groups is 1. The van der Waals surface area contributed by atoms with Gasteiger partial charge >= 0.3 is 0 Å². The van der Waals surface area contributed by atoms with Crippen molar-refractivity contribution in [2.75, 3.05) is 50.1 Å². The summed E-state index contributed by atoms with van der Waals surface area (Å²) in [5.41, 5.74) is 2.58. The van der Waals surface area contributed by atoms with E-state index in [0.717, 1.165) is 51.4 Å². The van der Waals surface area contributed by atoms with Gasteiger partial charge in [0.05, 0.1) is 0 Å². The van der Waals surface area contributed by atoms with Gasteiger partial charge in [-0.05, 0) is 43.5 Å². The SMILES string of the molecule is CN=C(NCCCCN(C)c1ccccc1)NC1CCN(c2ccccc2)C1. The van der Waals surface area contributed by atoms with Crippen molar-refractivity contribution in [3.05, 3.63) is 60.7 Å². The van der Waals surface area contributed by atoms with Crippen molar-refractivity contribution in [2.24, 2.45) is 4.99 Å². The van der Waals surface area contributed by atoms with E-state index in [4.69, 9.17) is 0 Å². The topological polar surface area (TPSA) is 42.9 Å². The fourth-order valence-electron chi connectivity index (χ4n) is 3.63. The Morgan fingerprint density at radius 2 is 1.79 bits per heavy atom. The number of benzene rings is 2. The smallest absolute Gasteiger partial charge is 0.191 e. The Morgan fingerprint density at radius 1 is 1.07 bits per heavy atom. The Kier molecular flexibility index (Phi) is 7.59. The summed E-state index contributed by atoms with van der Waals surface area (Å²) < 4.78 is 0. The molecule has 28 heavy (non-hydrogen) atoms. The maximum absolute atomic E-state index is 4.40. The lowest BCUT2D eigenvalue weighted by Crippen LogP contribution is -2.44. The van der Waals surface area contributed by atoms with Crippen LogP contribution >= 0.6 is 0 Å². The molecule has 0 saturated carbocycles. The molecule has 0 bridgehead atoms. The number of anilines is 2. The van der Waals surface area contributed by atoms with Gasteiger partial charge in [0.2, 0.25) is 0 Å². The molecule has 2 aromatic carbocycles. The van der Waals surface area contributed by atoms with Gasteiger partial charge in [0.25, 0.3) is 0 Å². The van der Waals surface area contributed by atoms with Crippen LogP contribution in [0.4, 0.5) is 11.4 Å². The predicted molar refractivity (Wildman–Crippen MR) is 121 cm³/mol. The van der Waals surface area contributed by atoms with E-state index >= 15 is 0 Å². The minimum absolute atomic E-state index is 0.440. The highest BCUT2D eigenvalue weighted by molar-refractivity contribution is 5.80. The summed E-state index contributed by atoms with van der Waals surface area (Å²) in [6, 6.07) is 21.6. The molecule has 1 atom stereocenters. The van der Waals surface area contributed by atoms with E-state index in [9.17, 15) is 0 Å². The van der Waals surface area contributed by atoms with Crippen LogP contribution in [0.3, 0.4) is 0 Å². The molecule has 0 amide bonds. The normalized spacial score (nSPS) is 16.9. The van der Waals surface area contributed by atoms with Gasteiger partial charge in [-0.25, -0.2) is 0 Å². The average Bonchev–Trinajstić information content (AvgIpc) is 3.22. The molecule has 1 aliphatic rings. The molecule has 1 unspecified atom stereocenters. The van der Waals surface area contributed by atoms with Crippen LogP contribution < -0.4 is 20.4 Å². The number of para-hydroxylation sites is 2. The molecule has 1 heterocycles. The van der Waals surface area contributed by atoms with Crippen LogP contribution in [0, 0.1) is 0 Å². The van der Waals surface area contributed by atoms with E-state index in [1.54, 1.807) is 0 Å². The summed E-state index contributed by atoms with van der Waals surface area (Å²) in [6.07, 6.45) is 3.41. The summed E-state index contributed by atoms with van der Waals surface area (Å²) in [5, 5.41) is 7.04. The molecular formula is C23H33N5. The summed E-state index contributed by atoms with van der Waals surface area (Å²) in [7, 11) is 4.00. The number of rotatable bonds is 8. The average molecular weight is 380 g/mol. The first-order chi connectivity index (χ1) is 13.8. The van der Waals surface area contributed by atoms with E-state index in [-0.39, 0.29) is 0 Å². The molecule has 0 radical (unpaired) electrons. The summed E-state index contributed by atoms with van der Waals surface area (Å²) in [4.78, 5) is 9.14. The lowest BCUT2D eigenvalue weighted by Gasteiger charge is -2.21. The van der Waals surface area contributed by atoms with Gasteiger partial charge < -0.3 is 20.4 Å². The van der Waals surface area contributed by atoms with E-state index < -0.39 is 0 Å². The second-order valence-electron chi connectivity index (χ2n) is 7.37. The second kappa shape index (κ2) is 10.6. The van der Waals surface area contributed by atoms with Crippen molar-refractivity contribution in [3.8, 4) is 0 Å². The first-order valence-electron chi connectivity index (χ1n) is 10.3. The predicted octanol–water partition coefficient (Wildman–Crippen LogP) is 3.35. The number of nitrogens with zero attached hydrogens (tertiary/aromatic N) is 3. The summed E-state index contributed by atoms with van der Waals surface area (Å²) >= 11 is 0. The van der Waals surface area contributed by atoms with Crippen LogP contribution in [-0.2, 0) is 0 Å². The minimum Gasteiger partial charge on any atom is -0.375 e. The molecule has 3 rings (SSSR count). The number of nitrogens with one attached hydrogen (secondary N) is 2. The van der Waals surface area contributed by atoms with Crippen molar-refractivity contribution >= 4 is 17.3 Å². The molecule has 0 spiro atoms. The monoisotopic (exact) mass is 379 g/mol. The van der Waals surface area contributed by atoms with Crippen LogP contribution in [0.2, 0.25) is 0 Å². The Morgan fingerprint density at radius 3 is 2.50 bits per heavy atom. The second-order valence-corrected chi connectivity index (χ2v) is 7.37. The van der Waals surface area contributed by atoms with Gasteiger partial charge in [0, 0.05) is 57.7 Å². The van der Waals surface area contributed by atoms with Crippen molar-refractivity contribution < 1.29 is 0 Å². The molecule has 1 aliphatic heterocycles. The maximum atomic E-state index is 4.40. The van der Waals surface area contributed by atoms with E-state index in [1.165, 1.54) is 11.4 Å². The lowest BCUT2D eigenvalue weighted by atomic mass is 10.2. The quantitative estimate of drug-likeness (QED) is 0.419. The van der Waals surface area contributed by atoms with Gasteiger partial charge in [-0.2, -0.15) is 0 Å². The van der Waals surface area contributed by atoms with Gasteiger partial charge in [-0.1, -0.05) is 36.4 Å². The minimum atomic E-state index is 0.440. The molecule has 2 N–H and O–H groups in total. The van der Waals surface area contributed by atoms with E-state index in [2.05, 4.69) is 93.1 Å². The van der Waals surface area contributed by atoms with Crippen molar-refractivity contribution in [1.82, 2.24) is 10.6 Å². The van der Waals surface area contributed by atoms with Gasteiger partial charge in [0.1, 0.15) is 0 Å². The maximum Gasteiger partial charge on any atom is 0.191 e. The van der Waals surface area contributed by atoms with Crippen LogP contribution in [0.25, 0.3) is 0 Å². The molecule has 5 nitrogen and oxygen atoms in total. The highest BCUT2D eigenvalue weighted by Gasteiger charge is 2.23. The summed E-state index contributed by atoms with van der Waals surface area (Å²) in [6.45, 7) is 4.11. The molecule has 1 fully saturated rings. The molecular weight excluding hydrogens is 346 g/mol. The van der Waals surface area contributed by atoms with Crippen molar-refractivity contribution in [1.29, 1.82) is 0 Å². The third-order valence-corrected chi connectivity index (χ3v) is 5.28. The molecule has 2 aromatic rings. The Balaban J connectivity index is 1.33. The first kappa shape index (κ1) is 20.1. The zero-order valence-electron chi connectivity index (χ0n) is 17.1. The number of unbranched alkanes of at least 4 members (excludes halogenated alkanes) is 1. The van der Waals surface area contributed by atoms with Crippen LogP contribution in [0.1, 0.15) is 19.3 Å². The highest BCUT2D eigenvalue weighted by atomic mass is 15.2. The third kappa shape index (κ3) is 5.91. The Labute approximate surface area is 169 Å². The summed E-state index contributed by atoms with van der Waals surface area (Å²) in [5.74, 6) is 0.913. The Hall–Kier alpha value is -2.69. The van der Waals surface area contributed by atoms with Crippen molar-refractivity contribution in [3.63, 3.8) is 0 Å². The fourth-order valence-corrected chi connectivity index (χ4v) is 3.63. The van der Waals surface area contributed by atoms with Crippen LogP contribution in [-0.4, -0.2) is 52.3 Å². The molecule has 0 aromatic heterocycles. The Bertz CT molecular complexity index is 716. The number of hydrogen-bond donors (Lipinski definition) is 2. The molecule has 5 heteroatoms. The van der Waals surface area contributed by atoms with Crippen molar-refractivity contribution in [2.45, 2.75) is 25.3 Å². The van der Waals surface area contributed by atoms with Gasteiger partial charge in [0.15, 0.2) is 5.96 Å². The zero-order valence-corrected chi connectivity index (χ0v) is 17.1. The molecule has 0 aliphatic carbocycles. The largest absolute Gasteiger partial charge is 0.375 e. The highest BCUT2D eigenvalue weighted by Crippen LogP contribution is 2.19. The first-order valence-corrected chi connectivity index (χ1v) is 10.3. The third-order valence-electron chi connectivity index (χ3n) is 5.28. The van der Waals surface area contributed by atoms with Crippen LogP contribution in [0.5, 0.6) is 0 Å². The van der Waals surface area contributed by atoms with Gasteiger partial charge in [-0.3, -0.25) is 4.99 Å². The zero-order chi connectivity index (χ0) is 19.6. The number of aliphatic imine (C=N–C) groups is 1. The van der Waals surface area contributed by atoms with E-state index in [1.807, 2.05) is 7.05 Å². The molecule has 150 valence electrons. The number of hydrogen-bond acceptors (Lipinski definition) is 3. The molecule has 1 saturated heterocycles. The van der Waals surface area contributed by atoms with Crippen LogP contribution in [0.15, 0.2) is 65.7 Å². The van der Waals surface area contributed by atoms with E-state index in [0.29, 0.717) is 6.04 Å². The lowest BCUT2D eigenvalue weighted by molar-refractivity contribution is 0.635. The fraction of sp³-hybridized carbons (Fsp3) is 0.435.